The second-order valence-corrected chi connectivity index (χ2v) is 5.99. The Morgan fingerprint density at radius 2 is 2.00 bits per heavy atom. The van der Waals surface area contributed by atoms with E-state index in [-0.39, 0.29) is 12.3 Å². The van der Waals surface area contributed by atoms with Gasteiger partial charge in [-0.25, -0.2) is 0 Å². The Hall–Kier alpha value is -2.12. The largest absolute Gasteiger partial charge is 0.475 e. The highest BCUT2D eigenvalue weighted by Crippen LogP contribution is 2.13. The van der Waals surface area contributed by atoms with Crippen molar-refractivity contribution in [3.8, 4) is 0 Å². The number of hydrogen-bond donors (Lipinski definition) is 3. The topological polar surface area (TPSA) is 89.9 Å². The molecule has 0 aromatic heterocycles. The van der Waals surface area contributed by atoms with Crippen LogP contribution in [0.15, 0.2) is 30.9 Å². The summed E-state index contributed by atoms with van der Waals surface area (Å²) in [6.07, 6.45) is 1.40. The van der Waals surface area contributed by atoms with Crippen LogP contribution in [-0.2, 0) is 16.0 Å². The molecule has 6 nitrogen and oxygen atoms in total. The van der Waals surface area contributed by atoms with Gasteiger partial charge in [-0.05, 0) is 44.4 Å². The van der Waals surface area contributed by atoms with E-state index in [0.717, 1.165) is 22.8 Å². The van der Waals surface area contributed by atoms with E-state index in [1.54, 1.807) is 6.92 Å². The lowest BCUT2D eigenvalue weighted by atomic mass is 9.75. The molecule has 0 saturated carbocycles. The number of benzene rings is 1. The van der Waals surface area contributed by atoms with Crippen LogP contribution in [0.3, 0.4) is 0 Å². The Balaban J connectivity index is 2.84. The summed E-state index contributed by atoms with van der Waals surface area (Å²) in [4.78, 5) is 25.1. The lowest BCUT2D eigenvalue weighted by Gasteiger charge is -2.26. The fourth-order valence-electron chi connectivity index (χ4n) is 2.36. The average Bonchev–Trinajstić information content (AvgIpc) is 2.53. The van der Waals surface area contributed by atoms with Crippen molar-refractivity contribution in [1.29, 1.82) is 0 Å². The number of amides is 2. The third-order valence-corrected chi connectivity index (χ3v) is 4.11. The molecule has 0 fully saturated rings. The smallest absolute Gasteiger partial charge is 0.426 e. The van der Waals surface area contributed by atoms with Crippen molar-refractivity contribution < 1.29 is 19.6 Å². The van der Waals surface area contributed by atoms with Gasteiger partial charge in [0.05, 0.1) is 5.94 Å². The summed E-state index contributed by atoms with van der Waals surface area (Å²) in [5, 5.41) is 21.8. The number of nitrogens with zero attached hydrogens (tertiary/aromatic N) is 1. The summed E-state index contributed by atoms with van der Waals surface area (Å²) in [5.74, 6) is -1.71. The lowest BCUT2D eigenvalue weighted by Crippen LogP contribution is -2.54. The minimum absolute atomic E-state index is 0.279. The second-order valence-electron chi connectivity index (χ2n) is 5.99. The number of nitrogens with one attached hydrogen (secondary N) is 1. The molecule has 0 aliphatic carbocycles. The molecule has 0 radical (unpaired) electrons. The van der Waals surface area contributed by atoms with Gasteiger partial charge >= 0.3 is 7.12 Å². The van der Waals surface area contributed by atoms with E-state index in [4.69, 9.17) is 0 Å². The minimum atomic E-state index is -1.71. The number of rotatable bonds is 7. The Morgan fingerprint density at radius 1 is 1.38 bits per heavy atom. The molecule has 0 saturated heterocycles. The van der Waals surface area contributed by atoms with Crippen molar-refractivity contribution in [1.82, 2.24) is 10.2 Å². The van der Waals surface area contributed by atoms with Crippen LogP contribution in [0.4, 0.5) is 0 Å². The van der Waals surface area contributed by atoms with E-state index in [0.29, 0.717) is 0 Å². The Bertz CT molecular complexity index is 619. The first-order chi connectivity index (χ1) is 11.2. The van der Waals surface area contributed by atoms with Gasteiger partial charge in [-0.2, -0.15) is 0 Å². The predicted molar refractivity (Wildman–Crippen MR) is 94.2 cm³/mol. The molecular weight excluding hydrogens is 307 g/mol. The molecule has 7 heteroatoms. The summed E-state index contributed by atoms with van der Waals surface area (Å²) in [5.41, 5.74) is 3.05. The van der Waals surface area contributed by atoms with Crippen molar-refractivity contribution in [2.45, 2.75) is 39.2 Å². The highest BCUT2D eigenvalue weighted by molar-refractivity contribution is 6.43. The zero-order chi connectivity index (χ0) is 18.4. The molecular formula is C17H25BN2O4. The number of hydrogen-bond acceptors (Lipinski definition) is 4. The first kappa shape index (κ1) is 19.9. The first-order valence-corrected chi connectivity index (χ1v) is 7.79. The van der Waals surface area contributed by atoms with Crippen LogP contribution in [0, 0.1) is 13.8 Å². The van der Waals surface area contributed by atoms with Gasteiger partial charge in [0.25, 0.3) is 0 Å². The van der Waals surface area contributed by atoms with Gasteiger partial charge in [-0.3, -0.25) is 9.59 Å². The second kappa shape index (κ2) is 8.66. The van der Waals surface area contributed by atoms with Crippen LogP contribution in [0.2, 0.25) is 0 Å². The number of likely N-dealkylation sites (N-methyl/N-ethyl adjacent to an activating group) is 1. The fraction of sp³-hybridized carbons (Fsp3) is 0.412. The maximum Gasteiger partial charge on any atom is 0.475 e. The van der Waals surface area contributed by atoms with Crippen molar-refractivity contribution in [3.05, 3.63) is 47.5 Å². The Kier molecular flexibility index (Phi) is 7.19. The van der Waals surface area contributed by atoms with Gasteiger partial charge in [0.15, 0.2) is 0 Å². The quantitative estimate of drug-likeness (QED) is 0.497. The van der Waals surface area contributed by atoms with E-state index in [9.17, 15) is 19.6 Å². The lowest BCUT2D eigenvalue weighted by molar-refractivity contribution is -0.135. The van der Waals surface area contributed by atoms with Crippen molar-refractivity contribution in [2.75, 3.05) is 7.05 Å². The third kappa shape index (κ3) is 5.21. The van der Waals surface area contributed by atoms with E-state index in [1.807, 2.05) is 32.0 Å². The zero-order valence-corrected chi connectivity index (χ0v) is 14.6. The molecule has 24 heavy (non-hydrogen) atoms. The van der Waals surface area contributed by atoms with Crippen LogP contribution < -0.4 is 5.32 Å². The molecule has 1 unspecified atom stereocenters. The molecule has 3 N–H and O–H groups in total. The Labute approximate surface area is 143 Å². The molecule has 1 aromatic rings. The van der Waals surface area contributed by atoms with Crippen molar-refractivity contribution in [2.24, 2.45) is 0 Å². The van der Waals surface area contributed by atoms with E-state index < -0.39 is 25.0 Å². The zero-order valence-electron chi connectivity index (χ0n) is 14.6. The van der Waals surface area contributed by atoms with Gasteiger partial charge in [0.1, 0.15) is 6.04 Å². The van der Waals surface area contributed by atoms with Gasteiger partial charge in [-0.15, -0.1) is 0 Å². The number of aryl methyl sites for hydroxylation is 2. The molecule has 1 aromatic carbocycles. The average molecular weight is 332 g/mol. The highest BCUT2D eigenvalue weighted by Gasteiger charge is 2.29. The molecule has 2 atom stereocenters. The normalized spacial score (nSPS) is 12.9. The SMILES string of the molecule is C=CC(=O)N(C)[C@@H](C)C(=O)NC(Cc1ccc(C)cc1C)B(O)O. The van der Waals surface area contributed by atoms with Crippen LogP contribution in [0.1, 0.15) is 23.6 Å². The predicted octanol–water partition coefficient (Wildman–Crippen LogP) is 0.376. The van der Waals surface area contributed by atoms with Crippen LogP contribution in [0.25, 0.3) is 0 Å². The highest BCUT2D eigenvalue weighted by atomic mass is 16.4. The van der Waals surface area contributed by atoms with Crippen LogP contribution in [-0.4, -0.2) is 52.9 Å². The molecule has 0 aliphatic heterocycles. The van der Waals surface area contributed by atoms with Gasteiger partial charge in [-0.1, -0.05) is 30.3 Å². The fourth-order valence-corrected chi connectivity index (χ4v) is 2.36. The molecule has 2 amide bonds. The van der Waals surface area contributed by atoms with Gasteiger partial charge in [0.2, 0.25) is 11.8 Å². The molecule has 0 aliphatic rings. The summed E-state index contributed by atoms with van der Waals surface area (Å²) in [7, 11) is -0.217. The summed E-state index contributed by atoms with van der Waals surface area (Å²) >= 11 is 0. The Morgan fingerprint density at radius 3 is 2.50 bits per heavy atom. The van der Waals surface area contributed by atoms with Crippen LogP contribution in [0.5, 0.6) is 0 Å². The molecule has 0 spiro atoms. The maximum atomic E-state index is 12.3. The first-order valence-electron chi connectivity index (χ1n) is 7.79. The summed E-state index contributed by atoms with van der Waals surface area (Å²) in [6, 6.07) is 5.08. The molecule has 0 heterocycles. The standard InChI is InChI=1S/C17H25BN2O4/c1-6-16(21)20(5)13(4)17(22)19-15(18(23)24)10-14-8-7-11(2)9-12(14)3/h6-9,13,15,23-24H,1,10H2,2-5H3,(H,19,22)/t13-,15?/m0/s1. The van der Waals surface area contributed by atoms with E-state index in [2.05, 4.69) is 11.9 Å². The monoisotopic (exact) mass is 332 g/mol. The van der Waals surface area contributed by atoms with Gasteiger partial charge in [0, 0.05) is 7.05 Å². The summed E-state index contributed by atoms with van der Waals surface area (Å²) < 4.78 is 0. The molecule has 1 rings (SSSR count). The maximum absolute atomic E-state index is 12.3. The third-order valence-electron chi connectivity index (χ3n) is 4.11. The number of carbonyl (C=O) groups is 2. The molecule has 130 valence electrons. The molecule has 0 bridgehead atoms. The summed E-state index contributed by atoms with van der Waals surface area (Å²) in [6.45, 7) is 8.86. The van der Waals surface area contributed by atoms with Crippen molar-refractivity contribution in [3.63, 3.8) is 0 Å². The van der Waals surface area contributed by atoms with Gasteiger partial charge < -0.3 is 20.3 Å². The van der Waals surface area contributed by atoms with E-state index in [1.165, 1.54) is 11.9 Å². The van der Waals surface area contributed by atoms with Crippen LogP contribution >= 0.6 is 0 Å². The number of carbonyl (C=O) groups excluding carboxylic acids is 2. The van der Waals surface area contributed by atoms with E-state index >= 15 is 0 Å². The van der Waals surface area contributed by atoms with Crippen molar-refractivity contribution >= 4 is 18.9 Å². The minimum Gasteiger partial charge on any atom is -0.426 e.